The SMILES string of the molecule is Cc1ccc(O)cc1[C@]12CCN(C)[C@H](C)[C@@H]1Cc1cc(C(=O)N3CCCC3)c(=O)[nH]c1C2. The van der Waals surface area contributed by atoms with Gasteiger partial charge in [-0.25, -0.2) is 0 Å². The Hall–Kier alpha value is -2.60. The molecule has 0 spiro atoms. The predicted molar refractivity (Wildman–Crippen MR) is 124 cm³/mol. The largest absolute Gasteiger partial charge is 0.508 e. The van der Waals surface area contributed by atoms with Crippen molar-refractivity contribution in [1.82, 2.24) is 14.8 Å². The number of aromatic amines is 1. The molecule has 3 atom stereocenters. The van der Waals surface area contributed by atoms with Crippen LogP contribution in [0.15, 0.2) is 29.1 Å². The van der Waals surface area contributed by atoms with Gasteiger partial charge in [0.25, 0.3) is 11.5 Å². The second-order valence-corrected chi connectivity index (χ2v) is 10.1. The number of likely N-dealkylation sites (tertiary alicyclic amines) is 2. The minimum atomic E-state index is -0.275. The average molecular weight is 436 g/mol. The summed E-state index contributed by atoms with van der Waals surface area (Å²) in [6, 6.07) is 7.89. The first-order valence-electron chi connectivity index (χ1n) is 11.8. The predicted octanol–water partition coefficient (Wildman–Crippen LogP) is 3.00. The van der Waals surface area contributed by atoms with Gasteiger partial charge in [0, 0.05) is 30.2 Å². The molecule has 32 heavy (non-hydrogen) atoms. The van der Waals surface area contributed by atoms with Crippen LogP contribution < -0.4 is 5.56 Å². The number of pyridine rings is 1. The van der Waals surface area contributed by atoms with E-state index in [4.69, 9.17) is 0 Å². The third kappa shape index (κ3) is 3.27. The number of nitrogens with zero attached hydrogens (tertiary/aromatic N) is 2. The van der Waals surface area contributed by atoms with Crippen LogP contribution in [-0.2, 0) is 18.3 Å². The van der Waals surface area contributed by atoms with Gasteiger partial charge in [-0.1, -0.05) is 6.07 Å². The Balaban J connectivity index is 1.61. The fourth-order valence-corrected chi connectivity index (χ4v) is 6.45. The molecule has 1 aromatic heterocycles. The lowest BCUT2D eigenvalue weighted by Gasteiger charge is -2.54. The number of aromatic nitrogens is 1. The van der Waals surface area contributed by atoms with Gasteiger partial charge >= 0.3 is 0 Å². The van der Waals surface area contributed by atoms with Gasteiger partial charge in [0.05, 0.1) is 0 Å². The summed E-state index contributed by atoms with van der Waals surface area (Å²) in [6.45, 7) is 6.83. The van der Waals surface area contributed by atoms with Crippen molar-refractivity contribution in [3.63, 3.8) is 0 Å². The van der Waals surface area contributed by atoms with E-state index < -0.39 is 0 Å². The summed E-state index contributed by atoms with van der Waals surface area (Å²) in [4.78, 5) is 33.3. The van der Waals surface area contributed by atoms with Crippen molar-refractivity contribution in [1.29, 1.82) is 0 Å². The minimum absolute atomic E-state index is 0.138. The quantitative estimate of drug-likeness (QED) is 0.760. The summed E-state index contributed by atoms with van der Waals surface area (Å²) in [7, 11) is 2.18. The summed E-state index contributed by atoms with van der Waals surface area (Å²) >= 11 is 0. The van der Waals surface area contributed by atoms with Crippen LogP contribution in [0.2, 0.25) is 0 Å². The second-order valence-electron chi connectivity index (χ2n) is 10.1. The maximum atomic E-state index is 13.0. The topological polar surface area (TPSA) is 76.6 Å². The van der Waals surface area contributed by atoms with Gasteiger partial charge in [-0.2, -0.15) is 0 Å². The summed E-state index contributed by atoms with van der Waals surface area (Å²) in [5.41, 5.74) is 4.26. The van der Waals surface area contributed by atoms with E-state index >= 15 is 0 Å². The monoisotopic (exact) mass is 435 g/mol. The van der Waals surface area contributed by atoms with Crippen molar-refractivity contribution >= 4 is 5.91 Å². The fourth-order valence-electron chi connectivity index (χ4n) is 6.45. The number of phenolic OH excluding ortho intramolecular Hbond substituents is 1. The van der Waals surface area contributed by atoms with E-state index in [9.17, 15) is 14.7 Å². The summed E-state index contributed by atoms with van der Waals surface area (Å²) in [6.07, 6.45) is 4.52. The van der Waals surface area contributed by atoms with E-state index in [1.54, 1.807) is 11.0 Å². The highest BCUT2D eigenvalue weighted by atomic mass is 16.3. The molecule has 0 bridgehead atoms. The number of hydrogen-bond donors (Lipinski definition) is 2. The number of amides is 1. The van der Waals surface area contributed by atoms with Crippen molar-refractivity contribution < 1.29 is 9.90 Å². The fraction of sp³-hybridized carbons (Fsp3) is 0.538. The number of piperidine rings is 1. The number of fused-ring (bicyclic) bond motifs is 2. The molecular weight excluding hydrogens is 402 g/mol. The number of carbonyl (C=O) groups is 1. The highest BCUT2D eigenvalue weighted by Crippen LogP contribution is 2.50. The number of nitrogens with one attached hydrogen (secondary N) is 1. The Morgan fingerprint density at radius 3 is 2.69 bits per heavy atom. The zero-order valence-corrected chi connectivity index (χ0v) is 19.3. The maximum Gasteiger partial charge on any atom is 0.261 e. The second kappa shape index (κ2) is 7.77. The normalized spacial score (nSPS) is 27.8. The van der Waals surface area contributed by atoms with Gasteiger partial charge in [-0.05, 0) is 100 Å². The van der Waals surface area contributed by atoms with E-state index in [0.717, 1.165) is 63.0 Å². The van der Waals surface area contributed by atoms with Crippen LogP contribution in [0.3, 0.4) is 0 Å². The van der Waals surface area contributed by atoms with E-state index in [-0.39, 0.29) is 28.2 Å². The van der Waals surface area contributed by atoms with Gasteiger partial charge in [0.2, 0.25) is 0 Å². The van der Waals surface area contributed by atoms with Crippen molar-refractivity contribution in [2.45, 2.75) is 57.4 Å². The number of aryl methyl sites for hydroxylation is 1. The zero-order chi connectivity index (χ0) is 22.6. The third-order valence-electron chi connectivity index (χ3n) is 8.43. The molecular formula is C26H33N3O3. The number of carbonyl (C=O) groups excluding carboxylic acids is 1. The molecule has 1 amide bonds. The van der Waals surface area contributed by atoms with Gasteiger partial charge < -0.3 is 19.9 Å². The van der Waals surface area contributed by atoms with Crippen molar-refractivity contribution in [2.75, 3.05) is 26.7 Å². The molecule has 3 aliphatic rings. The molecule has 1 aromatic carbocycles. The van der Waals surface area contributed by atoms with Crippen molar-refractivity contribution in [3.05, 3.63) is 62.6 Å². The molecule has 170 valence electrons. The molecule has 0 radical (unpaired) electrons. The van der Waals surface area contributed by atoms with Gasteiger partial charge in [0.1, 0.15) is 11.3 Å². The number of hydrogen-bond acceptors (Lipinski definition) is 4. The molecule has 2 fully saturated rings. The molecule has 2 aliphatic heterocycles. The standard InChI is InChI=1S/C26H33N3O3/c1-16-6-7-19(30)14-21(16)26-8-11-28(3)17(2)22(26)13-18-12-20(24(31)27-23(18)15-26)25(32)29-9-4-5-10-29/h6-7,12,14,17,22,30H,4-5,8-11,13,15H2,1-3H3,(H,27,31)/t17-,22+,26-/m1/s1. The number of benzene rings is 1. The molecule has 0 saturated carbocycles. The average Bonchev–Trinajstić information content (AvgIpc) is 3.31. The van der Waals surface area contributed by atoms with Gasteiger partial charge in [-0.15, -0.1) is 0 Å². The first-order valence-corrected chi connectivity index (χ1v) is 11.8. The van der Waals surface area contributed by atoms with E-state index in [1.165, 1.54) is 11.1 Å². The molecule has 6 nitrogen and oxygen atoms in total. The molecule has 0 unspecified atom stereocenters. The van der Waals surface area contributed by atoms with Crippen LogP contribution >= 0.6 is 0 Å². The van der Waals surface area contributed by atoms with Crippen LogP contribution in [0.5, 0.6) is 5.75 Å². The molecule has 1 aliphatic carbocycles. The van der Waals surface area contributed by atoms with Crippen molar-refractivity contribution in [3.8, 4) is 5.75 Å². The lowest BCUT2D eigenvalue weighted by molar-refractivity contribution is 0.0447. The third-order valence-corrected chi connectivity index (χ3v) is 8.43. The van der Waals surface area contributed by atoms with E-state index in [0.29, 0.717) is 12.0 Å². The van der Waals surface area contributed by atoms with Crippen LogP contribution in [0.1, 0.15) is 58.9 Å². The van der Waals surface area contributed by atoms with Gasteiger partial charge in [-0.3, -0.25) is 9.59 Å². The Labute approximate surface area is 189 Å². The lowest BCUT2D eigenvalue weighted by Crippen LogP contribution is -2.57. The zero-order valence-electron chi connectivity index (χ0n) is 19.3. The maximum absolute atomic E-state index is 13.0. The Morgan fingerprint density at radius 1 is 1.19 bits per heavy atom. The number of rotatable bonds is 2. The van der Waals surface area contributed by atoms with Crippen molar-refractivity contribution in [2.24, 2.45) is 5.92 Å². The number of H-pyrrole nitrogens is 1. The first kappa shape index (κ1) is 21.3. The van der Waals surface area contributed by atoms with E-state index in [2.05, 4.69) is 30.8 Å². The van der Waals surface area contributed by atoms with Crippen LogP contribution in [-0.4, -0.2) is 58.5 Å². The number of phenols is 1. The number of aromatic hydroxyl groups is 1. The molecule has 5 rings (SSSR count). The van der Waals surface area contributed by atoms with Gasteiger partial charge in [0.15, 0.2) is 0 Å². The molecule has 2 aromatic rings. The Bertz CT molecular complexity index is 1120. The minimum Gasteiger partial charge on any atom is -0.508 e. The lowest BCUT2D eigenvalue weighted by atomic mass is 9.56. The molecule has 2 saturated heterocycles. The highest BCUT2D eigenvalue weighted by molar-refractivity contribution is 5.94. The summed E-state index contributed by atoms with van der Waals surface area (Å²) < 4.78 is 0. The molecule has 3 heterocycles. The Morgan fingerprint density at radius 2 is 1.94 bits per heavy atom. The van der Waals surface area contributed by atoms with Crippen LogP contribution in [0, 0.1) is 12.8 Å². The molecule has 2 N–H and O–H groups in total. The van der Waals surface area contributed by atoms with E-state index in [1.807, 2.05) is 18.2 Å². The smallest absolute Gasteiger partial charge is 0.261 e. The van der Waals surface area contributed by atoms with Crippen LogP contribution in [0.25, 0.3) is 0 Å². The van der Waals surface area contributed by atoms with Crippen LogP contribution in [0.4, 0.5) is 0 Å². The first-order chi connectivity index (χ1) is 15.3. The summed E-state index contributed by atoms with van der Waals surface area (Å²) in [5.74, 6) is 0.479. The molecule has 6 heteroatoms. The summed E-state index contributed by atoms with van der Waals surface area (Å²) in [5, 5.41) is 10.3. The Kier molecular flexibility index (Phi) is 5.16. The highest BCUT2D eigenvalue weighted by Gasteiger charge is 2.50.